The minimum absolute atomic E-state index is 0.209. The van der Waals surface area contributed by atoms with Gasteiger partial charge in [-0.3, -0.25) is 4.79 Å². The Morgan fingerprint density at radius 1 is 0.750 bits per heavy atom. The minimum Gasteiger partial charge on any atom is -0.494 e. The predicted molar refractivity (Wildman–Crippen MR) is 111 cm³/mol. The maximum atomic E-state index is 11.9. The van der Waals surface area contributed by atoms with Crippen molar-refractivity contribution >= 4 is 35.1 Å². The van der Waals surface area contributed by atoms with E-state index in [4.69, 9.17) is 27.9 Å². The molecule has 3 N–H and O–H groups in total. The Kier molecular flexibility index (Phi) is 9.45. The van der Waals surface area contributed by atoms with Gasteiger partial charge in [-0.05, 0) is 61.4 Å². The van der Waals surface area contributed by atoms with E-state index in [1.807, 2.05) is 12.1 Å². The molecule has 0 aliphatic heterocycles. The molecule has 3 amide bonds. The molecule has 0 radical (unpaired) electrons. The molecule has 2 rings (SSSR count). The second-order valence-corrected chi connectivity index (χ2v) is 6.83. The first-order chi connectivity index (χ1) is 13.5. The average molecular weight is 424 g/mol. The highest BCUT2D eigenvalue weighted by molar-refractivity contribution is 6.30. The Balaban J connectivity index is 1.47. The van der Waals surface area contributed by atoms with Crippen LogP contribution in [0.2, 0.25) is 10.0 Å². The minimum atomic E-state index is -0.264. The second kappa shape index (κ2) is 12.1. The smallest absolute Gasteiger partial charge is 0.314 e. The van der Waals surface area contributed by atoms with E-state index >= 15 is 0 Å². The Hall–Kier alpha value is -2.44. The van der Waals surface area contributed by atoms with Crippen molar-refractivity contribution in [1.82, 2.24) is 16.0 Å². The van der Waals surface area contributed by atoms with Gasteiger partial charge in [0, 0.05) is 35.2 Å². The molecule has 150 valence electrons. The van der Waals surface area contributed by atoms with Crippen LogP contribution in [0.3, 0.4) is 0 Å². The fourth-order valence-electron chi connectivity index (χ4n) is 2.27. The summed E-state index contributed by atoms with van der Waals surface area (Å²) in [5, 5.41) is 9.43. The zero-order chi connectivity index (χ0) is 20.2. The fourth-order valence-corrected chi connectivity index (χ4v) is 2.52. The van der Waals surface area contributed by atoms with Crippen molar-refractivity contribution in [2.45, 2.75) is 12.8 Å². The lowest BCUT2D eigenvalue weighted by Gasteiger charge is -2.09. The van der Waals surface area contributed by atoms with Crippen LogP contribution in [-0.2, 0) is 0 Å². The number of carbonyl (C=O) groups is 2. The fraction of sp³-hybridized carbons (Fsp3) is 0.300. The lowest BCUT2D eigenvalue weighted by atomic mass is 10.2. The Bertz CT molecular complexity index is 752. The third kappa shape index (κ3) is 8.50. The molecule has 0 saturated heterocycles. The average Bonchev–Trinajstić information content (AvgIpc) is 2.69. The van der Waals surface area contributed by atoms with Gasteiger partial charge in [0.1, 0.15) is 5.75 Å². The first-order valence-corrected chi connectivity index (χ1v) is 9.74. The molecular formula is C20H23Cl2N3O3. The van der Waals surface area contributed by atoms with Gasteiger partial charge in [0.15, 0.2) is 0 Å². The van der Waals surface area contributed by atoms with Gasteiger partial charge in [-0.2, -0.15) is 0 Å². The van der Waals surface area contributed by atoms with Crippen LogP contribution in [0.5, 0.6) is 5.75 Å². The van der Waals surface area contributed by atoms with E-state index in [-0.39, 0.29) is 11.9 Å². The highest BCUT2D eigenvalue weighted by Gasteiger charge is 2.05. The van der Waals surface area contributed by atoms with Gasteiger partial charge >= 0.3 is 6.03 Å². The highest BCUT2D eigenvalue weighted by atomic mass is 35.5. The molecular weight excluding hydrogens is 401 g/mol. The Morgan fingerprint density at radius 3 is 2.00 bits per heavy atom. The van der Waals surface area contributed by atoms with Crippen LogP contribution in [0.1, 0.15) is 23.2 Å². The number of nitrogens with one attached hydrogen (secondary N) is 3. The highest BCUT2D eigenvalue weighted by Crippen LogP contribution is 2.15. The van der Waals surface area contributed by atoms with Crippen LogP contribution in [0, 0.1) is 0 Å². The van der Waals surface area contributed by atoms with Gasteiger partial charge in [0.2, 0.25) is 0 Å². The van der Waals surface area contributed by atoms with Crippen LogP contribution >= 0.6 is 23.2 Å². The van der Waals surface area contributed by atoms with Gasteiger partial charge in [-0.15, -0.1) is 0 Å². The molecule has 0 heterocycles. The number of rotatable bonds is 10. The Morgan fingerprint density at radius 2 is 1.32 bits per heavy atom. The maximum absolute atomic E-state index is 11.9. The summed E-state index contributed by atoms with van der Waals surface area (Å²) in [6.45, 7) is 1.79. The van der Waals surface area contributed by atoms with Crippen molar-refractivity contribution in [2.75, 3.05) is 26.2 Å². The van der Waals surface area contributed by atoms with Gasteiger partial charge in [-0.1, -0.05) is 23.2 Å². The van der Waals surface area contributed by atoms with Crippen LogP contribution < -0.4 is 20.7 Å². The summed E-state index contributed by atoms with van der Waals surface area (Å²) in [6, 6.07) is 13.5. The normalized spacial score (nSPS) is 10.2. The molecule has 0 spiro atoms. The quantitative estimate of drug-likeness (QED) is 0.507. The number of benzene rings is 2. The van der Waals surface area contributed by atoms with Crippen molar-refractivity contribution < 1.29 is 14.3 Å². The molecule has 8 heteroatoms. The van der Waals surface area contributed by atoms with Crippen molar-refractivity contribution in [3.63, 3.8) is 0 Å². The summed E-state index contributed by atoms with van der Waals surface area (Å²) >= 11 is 11.6. The summed E-state index contributed by atoms with van der Waals surface area (Å²) in [6.07, 6.45) is 1.62. The van der Waals surface area contributed by atoms with E-state index in [1.165, 1.54) is 0 Å². The van der Waals surface area contributed by atoms with Gasteiger partial charge in [0.05, 0.1) is 6.61 Å². The van der Waals surface area contributed by atoms with Gasteiger partial charge in [0.25, 0.3) is 5.91 Å². The van der Waals surface area contributed by atoms with Crippen molar-refractivity contribution in [2.24, 2.45) is 0 Å². The molecule has 2 aromatic carbocycles. The number of ether oxygens (including phenoxy) is 1. The first-order valence-electron chi connectivity index (χ1n) is 8.98. The summed E-state index contributed by atoms with van der Waals surface area (Å²) in [7, 11) is 0. The SMILES string of the molecule is O=C(NCCCCOc1ccc(Cl)cc1)NCCNC(=O)c1ccc(Cl)cc1. The van der Waals surface area contributed by atoms with E-state index in [1.54, 1.807) is 36.4 Å². The summed E-state index contributed by atoms with van der Waals surface area (Å²) in [5.41, 5.74) is 0.523. The lowest BCUT2D eigenvalue weighted by Crippen LogP contribution is -2.40. The third-order valence-electron chi connectivity index (χ3n) is 3.74. The third-order valence-corrected chi connectivity index (χ3v) is 4.25. The molecule has 6 nitrogen and oxygen atoms in total. The molecule has 28 heavy (non-hydrogen) atoms. The number of hydrogen-bond donors (Lipinski definition) is 3. The number of halogens is 2. The second-order valence-electron chi connectivity index (χ2n) is 5.95. The van der Waals surface area contributed by atoms with E-state index in [9.17, 15) is 9.59 Å². The molecule has 0 unspecified atom stereocenters. The van der Waals surface area contributed by atoms with Crippen molar-refractivity contribution in [3.8, 4) is 5.75 Å². The molecule has 0 saturated carbocycles. The predicted octanol–water partition coefficient (Wildman–Crippen LogP) is 3.88. The molecule has 0 aliphatic carbocycles. The standard InChI is InChI=1S/C20H23Cl2N3O3/c21-16-5-3-15(4-6-16)19(26)23-12-13-25-20(27)24-11-1-2-14-28-18-9-7-17(22)8-10-18/h3-10H,1-2,11-14H2,(H,23,26)(H2,24,25,27). The molecule has 0 atom stereocenters. The number of urea groups is 1. The van der Waals surface area contributed by atoms with E-state index in [0.29, 0.717) is 41.8 Å². The van der Waals surface area contributed by atoms with Crippen LogP contribution in [0.25, 0.3) is 0 Å². The van der Waals surface area contributed by atoms with Gasteiger partial charge in [-0.25, -0.2) is 4.79 Å². The molecule has 0 fully saturated rings. The molecule has 0 bridgehead atoms. The summed E-state index contributed by atoms with van der Waals surface area (Å²) in [5.74, 6) is 0.565. The topological polar surface area (TPSA) is 79.5 Å². The van der Waals surface area contributed by atoms with Crippen molar-refractivity contribution in [3.05, 3.63) is 64.1 Å². The largest absolute Gasteiger partial charge is 0.494 e. The van der Waals surface area contributed by atoms with E-state index in [2.05, 4.69) is 16.0 Å². The first kappa shape index (κ1) is 21.9. The number of hydrogen-bond acceptors (Lipinski definition) is 3. The lowest BCUT2D eigenvalue weighted by molar-refractivity contribution is 0.0954. The van der Waals surface area contributed by atoms with Crippen LogP contribution in [0.15, 0.2) is 48.5 Å². The number of carbonyl (C=O) groups excluding carboxylic acids is 2. The van der Waals surface area contributed by atoms with E-state index < -0.39 is 0 Å². The van der Waals surface area contributed by atoms with Crippen LogP contribution in [0.4, 0.5) is 4.79 Å². The molecule has 0 aromatic heterocycles. The molecule has 0 aliphatic rings. The van der Waals surface area contributed by atoms with Gasteiger partial charge < -0.3 is 20.7 Å². The van der Waals surface area contributed by atoms with Crippen molar-refractivity contribution in [1.29, 1.82) is 0 Å². The maximum Gasteiger partial charge on any atom is 0.314 e. The molecule has 2 aromatic rings. The zero-order valence-electron chi connectivity index (χ0n) is 15.3. The Labute approximate surface area is 174 Å². The number of amides is 3. The van der Waals surface area contributed by atoms with E-state index in [0.717, 1.165) is 18.6 Å². The van der Waals surface area contributed by atoms with Crippen LogP contribution in [-0.4, -0.2) is 38.2 Å². The summed E-state index contributed by atoms with van der Waals surface area (Å²) in [4.78, 5) is 23.6. The number of unbranched alkanes of at least 4 members (excludes halogenated alkanes) is 1. The summed E-state index contributed by atoms with van der Waals surface area (Å²) < 4.78 is 5.58. The zero-order valence-corrected chi connectivity index (χ0v) is 16.9. The monoisotopic (exact) mass is 423 g/mol.